The third-order valence-electron chi connectivity index (χ3n) is 15.4. The van der Waals surface area contributed by atoms with Crippen molar-refractivity contribution >= 4 is 11.9 Å². The highest BCUT2D eigenvalue weighted by Crippen LogP contribution is 2.69. The number of ether oxygens (including phenoxy) is 2. The average Bonchev–Trinajstić information content (AvgIpc) is 3.05. The van der Waals surface area contributed by atoms with Crippen LogP contribution >= 0.6 is 0 Å². The minimum atomic E-state index is -0.281. The molecule has 6 atom stereocenters. The van der Waals surface area contributed by atoms with Gasteiger partial charge in [-0.1, -0.05) is 71.4 Å². The summed E-state index contributed by atoms with van der Waals surface area (Å²) >= 11 is 0. The highest BCUT2D eigenvalue weighted by Gasteiger charge is 2.66. The van der Waals surface area contributed by atoms with Crippen molar-refractivity contribution in [2.45, 2.75) is 166 Å². The van der Waals surface area contributed by atoms with Crippen LogP contribution < -0.4 is 0 Å². The molecule has 8 aliphatic carbocycles. The van der Waals surface area contributed by atoms with Crippen LogP contribution in [0.3, 0.4) is 0 Å². The van der Waals surface area contributed by atoms with Crippen LogP contribution in [0, 0.1) is 58.7 Å². The predicted octanol–water partition coefficient (Wildman–Crippen LogP) is 10.5. The predicted molar refractivity (Wildman–Crippen MR) is 184 cm³/mol. The van der Waals surface area contributed by atoms with E-state index in [4.69, 9.17) is 9.47 Å². The molecular weight excluding hydrogens is 568 g/mol. The molecule has 4 heteroatoms. The van der Waals surface area contributed by atoms with Crippen LogP contribution in [0.5, 0.6) is 0 Å². The molecule has 0 saturated heterocycles. The first-order chi connectivity index (χ1) is 22.2. The van der Waals surface area contributed by atoms with Crippen LogP contribution in [0.25, 0.3) is 0 Å². The third-order valence-corrected chi connectivity index (χ3v) is 15.4. The van der Waals surface area contributed by atoms with Gasteiger partial charge in [0.25, 0.3) is 0 Å². The van der Waals surface area contributed by atoms with Crippen molar-refractivity contribution in [3.63, 3.8) is 0 Å². The average molecular weight is 633 g/mol. The second kappa shape index (κ2) is 13.0. The summed E-state index contributed by atoms with van der Waals surface area (Å²) in [6.45, 7) is 12.0. The minimum Gasteiger partial charge on any atom is -0.455 e. The van der Waals surface area contributed by atoms with Gasteiger partial charge in [0.15, 0.2) is 0 Å². The van der Waals surface area contributed by atoms with E-state index in [-0.39, 0.29) is 23.1 Å². The molecule has 8 fully saturated rings. The standard InChI is InChI=1S/C42H64O4/c1-5-11-34-20-30-12-10-15-35(21-30)41(34,45-38(43)6-2)33-18-16-29(17-19-33)24-40-25-31-22-36(26-40)42(37(23-31)27-40,46-39(44)28(3)4)32-13-8-7-9-14-32/h6,29-37H,2-3,5,7-27H2,1,4H3. The number of rotatable bonds is 10. The number of hydrogen-bond donors (Lipinski definition) is 0. The molecule has 0 aromatic heterocycles. The van der Waals surface area contributed by atoms with Crippen molar-refractivity contribution in [1.82, 2.24) is 0 Å². The molecule has 6 bridgehead atoms. The Balaban J connectivity index is 1.08. The van der Waals surface area contributed by atoms with Gasteiger partial charge in [-0.15, -0.1) is 0 Å². The monoisotopic (exact) mass is 632 g/mol. The Morgan fingerprint density at radius 1 is 0.717 bits per heavy atom. The van der Waals surface area contributed by atoms with Crippen LogP contribution in [-0.2, 0) is 19.1 Å². The summed E-state index contributed by atoms with van der Waals surface area (Å²) in [4.78, 5) is 26.2. The van der Waals surface area contributed by atoms with E-state index in [9.17, 15) is 9.59 Å². The number of fused-ring (bicyclic) bond motifs is 2. The molecule has 0 N–H and O–H groups in total. The van der Waals surface area contributed by atoms with Gasteiger partial charge in [-0.2, -0.15) is 0 Å². The van der Waals surface area contributed by atoms with Crippen molar-refractivity contribution in [1.29, 1.82) is 0 Å². The fraction of sp³-hybridized carbons (Fsp3) is 0.857. The maximum absolute atomic E-state index is 13.2. The summed E-state index contributed by atoms with van der Waals surface area (Å²) in [5.41, 5.74) is 0.468. The molecule has 0 aliphatic heterocycles. The lowest BCUT2D eigenvalue weighted by Crippen LogP contribution is -2.66. The molecule has 0 amide bonds. The Morgan fingerprint density at radius 3 is 2.02 bits per heavy atom. The van der Waals surface area contributed by atoms with Gasteiger partial charge < -0.3 is 9.47 Å². The van der Waals surface area contributed by atoms with E-state index in [2.05, 4.69) is 20.1 Å². The molecule has 46 heavy (non-hydrogen) atoms. The number of esters is 2. The van der Waals surface area contributed by atoms with Crippen LogP contribution in [0.4, 0.5) is 0 Å². The van der Waals surface area contributed by atoms with Crippen LogP contribution in [0.15, 0.2) is 24.8 Å². The molecule has 8 saturated carbocycles. The highest BCUT2D eigenvalue weighted by atomic mass is 16.6. The number of carbonyl (C=O) groups is 2. The molecule has 0 radical (unpaired) electrons. The molecule has 4 nitrogen and oxygen atoms in total. The molecule has 8 aliphatic rings. The Labute approximate surface area is 280 Å². The van der Waals surface area contributed by atoms with Crippen LogP contribution in [0.1, 0.15) is 155 Å². The number of carbonyl (C=O) groups excluding carboxylic acids is 2. The minimum absolute atomic E-state index is 0.134. The zero-order valence-electron chi connectivity index (χ0n) is 29.4. The molecular formula is C42H64O4. The zero-order chi connectivity index (χ0) is 32.1. The smallest absolute Gasteiger partial charge is 0.333 e. The zero-order valence-corrected chi connectivity index (χ0v) is 29.4. The van der Waals surface area contributed by atoms with Gasteiger partial charge in [0.05, 0.1) is 0 Å². The van der Waals surface area contributed by atoms with E-state index >= 15 is 0 Å². The lowest BCUT2D eigenvalue weighted by molar-refractivity contribution is -0.248. The van der Waals surface area contributed by atoms with Gasteiger partial charge in [0.1, 0.15) is 11.2 Å². The van der Waals surface area contributed by atoms with Crippen molar-refractivity contribution in [2.75, 3.05) is 0 Å². The quantitative estimate of drug-likeness (QED) is 0.178. The molecule has 6 unspecified atom stereocenters. The van der Waals surface area contributed by atoms with Gasteiger partial charge in [-0.05, 0) is 144 Å². The van der Waals surface area contributed by atoms with Gasteiger partial charge in [-0.25, -0.2) is 9.59 Å². The fourth-order valence-corrected chi connectivity index (χ4v) is 14.2. The summed E-state index contributed by atoms with van der Waals surface area (Å²) in [6, 6.07) is 0. The lowest BCUT2D eigenvalue weighted by atomic mass is 9.40. The number of hydrogen-bond acceptors (Lipinski definition) is 4. The second-order valence-corrected chi connectivity index (χ2v) is 18.1. The normalized spacial score (nSPS) is 45.2. The third kappa shape index (κ3) is 5.66. The molecule has 8 rings (SSSR count). The first-order valence-electron chi connectivity index (χ1n) is 20.0. The summed E-state index contributed by atoms with van der Waals surface area (Å²) < 4.78 is 13.5. The second-order valence-electron chi connectivity index (χ2n) is 18.1. The summed E-state index contributed by atoms with van der Waals surface area (Å²) in [6.07, 6.45) is 29.4. The van der Waals surface area contributed by atoms with E-state index in [0.717, 1.165) is 17.8 Å². The Hall–Kier alpha value is -1.58. The summed E-state index contributed by atoms with van der Waals surface area (Å²) in [5, 5.41) is 0. The van der Waals surface area contributed by atoms with E-state index in [1.807, 2.05) is 6.92 Å². The molecule has 0 spiro atoms. The molecule has 256 valence electrons. The molecule has 0 heterocycles. The largest absolute Gasteiger partial charge is 0.455 e. The van der Waals surface area contributed by atoms with E-state index < -0.39 is 0 Å². The van der Waals surface area contributed by atoms with Crippen molar-refractivity contribution in [3.05, 3.63) is 24.8 Å². The topological polar surface area (TPSA) is 52.6 Å². The van der Waals surface area contributed by atoms with Gasteiger partial charge in [0.2, 0.25) is 0 Å². The Kier molecular flexibility index (Phi) is 9.34. The Bertz CT molecular complexity index is 1140. The van der Waals surface area contributed by atoms with Gasteiger partial charge >= 0.3 is 11.9 Å². The van der Waals surface area contributed by atoms with E-state index in [1.54, 1.807) is 0 Å². The lowest BCUT2D eigenvalue weighted by Gasteiger charge is -2.67. The molecule has 0 aromatic rings. The first kappa shape index (κ1) is 32.9. The van der Waals surface area contributed by atoms with E-state index in [1.165, 1.54) is 147 Å². The van der Waals surface area contributed by atoms with Crippen molar-refractivity contribution in [3.8, 4) is 0 Å². The van der Waals surface area contributed by atoms with Crippen LogP contribution in [-0.4, -0.2) is 23.1 Å². The fourth-order valence-electron chi connectivity index (χ4n) is 14.2. The van der Waals surface area contributed by atoms with Crippen molar-refractivity contribution < 1.29 is 19.1 Å². The van der Waals surface area contributed by atoms with Gasteiger partial charge in [0, 0.05) is 23.5 Å². The molecule has 0 aromatic carbocycles. The van der Waals surface area contributed by atoms with Crippen molar-refractivity contribution in [2.24, 2.45) is 58.7 Å². The van der Waals surface area contributed by atoms with Crippen LogP contribution in [0.2, 0.25) is 0 Å². The maximum Gasteiger partial charge on any atom is 0.333 e. The maximum atomic E-state index is 13.2. The summed E-state index contributed by atoms with van der Waals surface area (Å²) in [7, 11) is 0. The SMILES string of the molecule is C=CC(=O)OC1(C2CCC(CC34CC5CC(C3)C(OC(=O)C(=C)C)(C3CCCCC3)C(C5)C4)CC2)C(CCC)CC2CCCC1C2. The highest BCUT2D eigenvalue weighted by molar-refractivity contribution is 5.87. The van der Waals surface area contributed by atoms with Gasteiger partial charge in [-0.3, -0.25) is 0 Å². The van der Waals surface area contributed by atoms with E-state index in [0.29, 0.717) is 46.5 Å². The Morgan fingerprint density at radius 2 is 1.37 bits per heavy atom. The first-order valence-corrected chi connectivity index (χ1v) is 20.0. The summed E-state index contributed by atoms with van der Waals surface area (Å²) in [5.74, 6) is 5.20.